The number of alkyl halides is 3. The summed E-state index contributed by atoms with van der Waals surface area (Å²) in [7, 11) is 0. The molecule has 3 nitrogen and oxygen atoms in total. The van der Waals surface area contributed by atoms with Gasteiger partial charge in [-0.1, -0.05) is 60.7 Å². The number of hydrogen-bond donors (Lipinski definition) is 2. The van der Waals surface area contributed by atoms with Gasteiger partial charge in [0.25, 0.3) is 0 Å². The van der Waals surface area contributed by atoms with Crippen molar-refractivity contribution in [1.82, 2.24) is 9.97 Å². The molecule has 1 unspecified atom stereocenters. The maximum atomic E-state index is 13.3. The molecule has 7 heteroatoms. The van der Waals surface area contributed by atoms with E-state index in [0.29, 0.717) is 6.61 Å². The summed E-state index contributed by atoms with van der Waals surface area (Å²) in [5, 5.41) is 1.99. The van der Waals surface area contributed by atoms with E-state index in [1.54, 1.807) is 12.1 Å². The van der Waals surface area contributed by atoms with Crippen LogP contribution in [-0.2, 0) is 12.8 Å². The van der Waals surface area contributed by atoms with Crippen molar-refractivity contribution in [1.29, 1.82) is 0 Å². The van der Waals surface area contributed by atoms with Crippen molar-refractivity contribution in [2.75, 3.05) is 0 Å². The summed E-state index contributed by atoms with van der Waals surface area (Å²) >= 11 is 0. The first kappa shape index (κ1) is 25.5. The third-order valence-corrected chi connectivity index (χ3v) is 6.75. The molecule has 0 saturated heterocycles. The second kappa shape index (κ2) is 10.3. The molecule has 38 heavy (non-hydrogen) atoms. The Balaban J connectivity index is 0.00000294. The topological polar surface area (TPSA) is 40.8 Å². The van der Waals surface area contributed by atoms with Crippen LogP contribution in [0, 0.1) is 0 Å². The number of aromatic nitrogens is 2. The number of halogens is 4. The Morgan fingerprint density at radius 1 is 0.684 bits per heavy atom. The molecule has 0 spiro atoms. The Bertz CT molecular complexity index is 1670. The molecule has 2 heterocycles. The molecule has 0 fully saturated rings. The lowest BCUT2D eigenvalue weighted by atomic mass is 9.84. The smallest absolute Gasteiger partial charge is 0.416 e. The Morgan fingerprint density at radius 2 is 1.32 bits per heavy atom. The van der Waals surface area contributed by atoms with Gasteiger partial charge in [-0.25, -0.2) is 0 Å². The van der Waals surface area contributed by atoms with E-state index >= 15 is 0 Å². The second-order valence-electron chi connectivity index (χ2n) is 9.07. The average Bonchev–Trinajstić information content (AvgIpc) is 3.53. The van der Waals surface area contributed by atoms with E-state index in [-0.39, 0.29) is 18.3 Å². The van der Waals surface area contributed by atoms with Crippen molar-refractivity contribution in [3.8, 4) is 5.75 Å². The molecule has 192 valence electrons. The lowest BCUT2D eigenvalue weighted by Gasteiger charge is -2.18. The Morgan fingerprint density at radius 3 is 2.03 bits per heavy atom. The highest BCUT2D eigenvalue weighted by molar-refractivity contribution is 5.89. The molecule has 0 radical (unpaired) electrons. The van der Waals surface area contributed by atoms with Gasteiger partial charge in [0.2, 0.25) is 0 Å². The molecule has 2 N–H and O–H groups in total. The van der Waals surface area contributed by atoms with E-state index in [1.165, 1.54) is 0 Å². The Labute approximate surface area is 223 Å². The average molecular weight is 533 g/mol. The van der Waals surface area contributed by atoms with Gasteiger partial charge in [0.05, 0.1) is 5.56 Å². The number of benzene rings is 4. The summed E-state index contributed by atoms with van der Waals surface area (Å²) < 4.78 is 46.0. The van der Waals surface area contributed by atoms with E-state index in [0.717, 1.165) is 61.9 Å². The fourth-order valence-electron chi connectivity index (χ4n) is 4.91. The summed E-state index contributed by atoms with van der Waals surface area (Å²) in [6.45, 7) is 0.441. The standard InChI is InChI=1S/C31H23F3N2O.ClH/c32-31(33,34)22-12-10-21(11-13-22)30(26-17-35-28-9-5-4-8-24(26)28)27-18-36-29-15-14-23(16-25(27)29)37-19-20-6-2-1-3-7-20;/h1-18,30,35-36H,19H2;1H. The zero-order valence-corrected chi connectivity index (χ0v) is 20.9. The first-order valence-electron chi connectivity index (χ1n) is 12.0. The van der Waals surface area contributed by atoms with Crippen LogP contribution in [0.1, 0.15) is 33.7 Å². The highest BCUT2D eigenvalue weighted by Gasteiger charge is 2.31. The quantitative estimate of drug-likeness (QED) is 0.221. The number of aromatic amines is 2. The summed E-state index contributed by atoms with van der Waals surface area (Å²) in [5.74, 6) is 0.429. The van der Waals surface area contributed by atoms with Gasteiger partial charge in [0, 0.05) is 40.1 Å². The third-order valence-electron chi connectivity index (χ3n) is 6.75. The van der Waals surface area contributed by atoms with Crippen LogP contribution in [-0.4, -0.2) is 9.97 Å². The Hall–Kier alpha value is -4.16. The highest BCUT2D eigenvalue weighted by Crippen LogP contribution is 2.41. The minimum absolute atomic E-state index is 0. The normalized spacial score (nSPS) is 12.4. The summed E-state index contributed by atoms with van der Waals surface area (Å²) in [6, 6.07) is 29.2. The fraction of sp³-hybridized carbons (Fsp3) is 0.0968. The first-order valence-corrected chi connectivity index (χ1v) is 12.0. The van der Waals surface area contributed by atoms with Crippen LogP contribution in [0.5, 0.6) is 5.75 Å². The van der Waals surface area contributed by atoms with E-state index in [4.69, 9.17) is 4.74 Å². The number of nitrogens with one attached hydrogen (secondary N) is 2. The van der Waals surface area contributed by atoms with Gasteiger partial charge in [-0.15, -0.1) is 12.4 Å². The molecule has 6 rings (SSSR count). The molecule has 0 aliphatic heterocycles. The number of hydrogen-bond acceptors (Lipinski definition) is 1. The van der Waals surface area contributed by atoms with Crippen molar-refractivity contribution in [2.45, 2.75) is 18.7 Å². The second-order valence-corrected chi connectivity index (χ2v) is 9.07. The highest BCUT2D eigenvalue weighted by atomic mass is 35.5. The minimum atomic E-state index is -4.39. The van der Waals surface area contributed by atoms with Crippen molar-refractivity contribution in [3.05, 3.63) is 137 Å². The molecule has 0 amide bonds. The molecule has 2 aromatic heterocycles. The van der Waals surface area contributed by atoms with Gasteiger partial charge >= 0.3 is 6.18 Å². The SMILES string of the molecule is Cl.FC(F)(F)c1ccc(C(c2c[nH]c3ccccc23)c2c[nH]c3ccc(OCc4ccccc4)cc23)cc1. The van der Waals surface area contributed by atoms with Crippen LogP contribution < -0.4 is 4.74 Å². The van der Waals surface area contributed by atoms with Crippen LogP contribution in [0.2, 0.25) is 0 Å². The van der Waals surface area contributed by atoms with Crippen LogP contribution in [0.15, 0.2) is 109 Å². The van der Waals surface area contributed by atoms with Gasteiger partial charge in [0.1, 0.15) is 12.4 Å². The van der Waals surface area contributed by atoms with Crippen LogP contribution in [0.25, 0.3) is 21.8 Å². The zero-order chi connectivity index (χ0) is 25.4. The fourth-order valence-corrected chi connectivity index (χ4v) is 4.91. The molecule has 0 bridgehead atoms. The van der Waals surface area contributed by atoms with Gasteiger partial charge in [-0.05, 0) is 58.7 Å². The van der Waals surface area contributed by atoms with E-state index in [1.807, 2.05) is 85.2 Å². The van der Waals surface area contributed by atoms with E-state index in [2.05, 4.69) is 9.97 Å². The zero-order valence-electron chi connectivity index (χ0n) is 20.1. The molecule has 0 aliphatic rings. The van der Waals surface area contributed by atoms with Crippen LogP contribution >= 0.6 is 12.4 Å². The summed E-state index contributed by atoms with van der Waals surface area (Å²) in [6.07, 6.45) is -0.502. The van der Waals surface area contributed by atoms with Crippen molar-refractivity contribution in [3.63, 3.8) is 0 Å². The van der Waals surface area contributed by atoms with Gasteiger partial charge < -0.3 is 14.7 Å². The molecule has 6 aromatic rings. The largest absolute Gasteiger partial charge is 0.489 e. The third kappa shape index (κ3) is 4.87. The van der Waals surface area contributed by atoms with Gasteiger partial charge in [-0.2, -0.15) is 13.2 Å². The molecule has 1 atom stereocenters. The van der Waals surface area contributed by atoms with E-state index in [9.17, 15) is 13.2 Å². The maximum absolute atomic E-state index is 13.3. The van der Waals surface area contributed by atoms with Crippen molar-refractivity contribution >= 4 is 34.2 Å². The first-order chi connectivity index (χ1) is 18.0. The lowest BCUT2D eigenvalue weighted by molar-refractivity contribution is -0.137. The monoisotopic (exact) mass is 532 g/mol. The number of H-pyrrole nitrogens is 2. The summed E-state index contributed by atoms with van der Waals surface area (Å²) in [5.41, 5.74) is 5.04. The molecular formula is C31H24ClF3N2O. The predicted octanol–water partition coefficient (Wildman–Crippen LogP) is 8.85. The van der Waals surface area contributed by atoms with Crippen molar-refractivity contribution < 1.29 is 17.9 Å². The van der Waals surface area contributed by atoms with Crippen molar-refractivity contribution in [2.24, 2.45) is 0 Å². The lowest BCUT2D eigenvalue weighted by Crippen LogP contribution is -2.07. The molecule has 0 aliphatic carbocycles. The van der Waals surface area contributed by atoms with Gasteiger partial charge in [0.15, 0.2) is 0 Å². The van der Waals surface area contributed by atoms with Gasteiger partial charge in [-0.3, -0.25) is 0 Å². The van der Waals surface area contributed by atoms with Crippen LogP contribution in [0.3, 0.4) is 0 Å². The number of ether oxygens (including phenoxy) is 1. The molecule has 0 saturated carbocycles. The molecule has 4 aromatic carbocycles. The molecular weight excluding hydrogens is 509 g/mol. The number of fused-ring (bicyclic) bond motifs is 2. The summed E-state index contributed by atoms with van der Waals surface area (Å²) in [4.78, 5) is 6.66. The predicted molar refractivity (Wildman–Crippen MR) is 147 cm³/mol. The number of rotatable bonds is 6. The Kier molecular flexibility index (Phi) is 6.91. The maximum Gasteiger partial charge on any atom is 0.416 e. The number of para-hydroxylation sites is 1. The van der Waals surface area contributed by atoms with Crippen LogP contribution in [0.4, 0.5) is 13.2 Å². The minimum Gasteiger partial charge on any atom is -0.489 e. The van der Waals surface area contributed by atoms with E-state index < -0.39 is 11.7 Å².